The first kappa shape index (κ1) is 35.0. The number of hydrogen-bond donors (Lipinski definition) is 2. The van der Waals surface area contributed by atoms with E-state index in [-0.39, 0.29) is 14.9 Å². The number of rotatable bonds is 12. The first-order chi connectivity index (χ1) is 24.1. The number of ether oxygens (including phenoxy) is 1. The lowest BCUT2D eigenvalue weighted by Gasteiger charge is -2.28. The summed E-state index contributed by atoms with van der Waals surface area (Å²) in [5.41, 5.74) is 2.66. The van der Waals surface area contributed by atoms with E-state index in [1.165, 1.54) is 11.8 Å². The molecule has 1 unspecified atom stereocenters. The van der Waals surface area contributed by atoms with Gasteiger partial charge in [-0.2, -0.15) is 9.55 Å². The first-order valence-electron chi connectivity index (χ1n) is 16.0. The molecule has 2 N–H and O–H groups in total. The maximum atomic E-state index is 13.2. The molecule has 258 valence electrons. The van der Waals surface area contributed by atoms with Gasteiger partial charge in [0.25, 0.3) is 12.5 Å². The van der Waals surface area contributed by atoms with Gasteiger partial charge in [0.1, 0.15) is 11.8 Å². The van der Waals surface area contributed by atoms with E-state index < -0.39 is 18.6 Å². The number of fused-ring (bicyclic) bond motifs is 2. The topological polar surface area (TPSA) is 107 Å². The van der Waals surface area contributed by atoms with E-state index in [0.29, 0.717) is 22.5 Å². The standard InChI is InChI=1S/C38H36N5O4PS2.2H2/c1-25(2)46-38(45)26(3)42-48(49,47-35-17-11-13-27-12-5-6-15-30(27)35)43-34-24-29(50-36-18-8-7-16-32(36)37(44)39-4)20-21-31(34)33(41-43)22-19-28-14-9-10-23-40-28;;/h5-26H,1-4H3,(H,39,44)(H,42,49);2*1H/b22-19+;;/t26-,48?;;/m0../s1. The van der Waals surface area contributed by atoms with E-state index in [0.717, 1.165) is 31.6 Å². The fraction of sp³-hybridized carbons (Fsp3) is 0.158. The number of carbonyl (C=O) groups excluding carboxylic acids is 2. The molecule has 50 heavy (non-hydrogen) atoms. The van der Waals surface area contributed by atoms with Crippen molar-refractivity contribution in [2.24, 2.45) is 0 Å². The van der Waals surface area contributed by atoms with Crippen molar-refractivity contribution in [1.29, 1.82) is 0 Å². The Labute approximate surface area is 303 Å². The van der Waals surface area contributed by atoms with Gasteiger partial charge in [-0.3, -0.25) is 14.6 Å². The highest BCUT2D eigenvalue weighted by Crippen LogP contribution is 2.50. The first-order valence-corrected chi connectivity index (χ1v) is 19.5. The van der Waals surface area contributed by atoms with Gasteiger partial charge >= 0.3 is 5.97 Å². The van der Waals surface area contributed by atoms with Crippen LogP contribution in [0, 0.1) is 0 Å². The zero-order chi connectivity index (χ0) is 35.3. The van der Waals surface area contributed by atoms with Crippen molar-refractivity contribution in [3.05, 3.63) is 126 Å². The molecule has 0 bridgehead atoms. The minimum atomic E-state index is -3.44. The molecule has 0 aliphatic rings. The number of aromatic nitrogens is 3. The SMILES string of the molecule is CNC(=O)c1ccccc1Sc1ccc2c(/C=C/c3ccccn3)nn(P(=S)(N[C@@H](C)C(=O)OC(C)C)Oc3cccc4ccccc34)c2c1.[HH].[HH]. The summed E-state index contributed by atoms with van der Waals surface area (Å²) < 4.78 is 14.1. The monoisotopic (exact) mass is 725 g/mol. The number of pyridine rings is 1. The van der Waals surface area contributed by atoms with Gasteiger partial charge in [-0.1, -0.05) is 66.4 Å². The number of esters is 1. The molecular formula is C38H40N5O4PS2. The number of nitrogens with zero attached hydrogens (tertiary/aromatic N) is 3. The molecule has 2 atom stereocenters. The second-order valence-electron chi connectivity index (χ2n) is 11.6. The molecule has 0 fully saturated rings. The van der Waals surface area contributed by atoms with E-state index in [1.54, 1.807) is 44.5 Å². The Morgan fingerprint density at radius 3 is 2.46 bits per heavy atom. The summed E-state index contributed by atoms with van der Waals surface area (Å²) in [6, 6.07) is 31.9. The summed E-state index contributed by atoms with van der Waals surface area (Å²) in [4.78, 5) is 31.9. The van der Waals surface area contributed by atoms with Crippen LogP contribution in [0.3, 0.4) is 0 Å². The number of nitrogens with one attached hydrogen (secondary N) is 2. The molecule has 0 spiro atoms. The fourth-order valence-electron chi connectivity index (χ4n) is 5.29. The largest absolute Gasteiger partial charge is 0.462 e. The summed E-state index contributed by atoms with van der Waals surface area (Å²) in [7, 11) is 1.61. The average molecular weight is 726 g/mol. The smallest absolute Gasteiger partial charge is 0.323 e. The average Bonchev–Trinajstić information content (AvgIpc) is 3.49. The van der Waals surface area contributed by atoms with Gasteiger partial charge in [0.15, 0.2) is 0 Å². The van der Waals surface area contributed by atoms with E-state index in [2.05, 4.69) is 15.4 Å². The maximum absolute atomic E-state index is 13.2. The van der Waals surface area contributed by atoms with Crippen LogP contribution in [0.4, 0.5) is 0 Å². The molecule has 0 saturated heterocycles. The highest BCUT2D eigenvalue weighted by Gasteiger charge is 2.32. The van der Waals surface area contributed by atoms with Crippen LogP contribution in [0.25, 0.3) is 33.8 Å². The molecule has 9 nitrogen and oxygen atoms in total. The van der Waals surface area contributed by atoms with Gasteiger partial charge in [-0.25, -0.2) is 5.09 Å². The van der Waals surface area contributed by atoms with Crippen molar-refractivity contribution in [3.63, 3.8) is 0 Å². The van der Waals surface area contributed by atoms with E-state index in [9.17, 15) is 9.59 Å². The van der Waals surface area contributed by atoms with Crippen molar-refractivity contribution in [1.82, 2.24) is 24.9 Å². The highest BCUT2D eigenvalue weighted by atomic mass is 32.5. The lowest BCUT2D eigenvalue weighted by Crippen LogP contribution is -2.37. The fourth-order valence-corrected chi connectivity index (χ4v) is 9.28. The molecular weight excluding hydrogens is 686 g/mol. The molecule has 0 aliphatic carbocycles. The number of benzene rings is 4. The normalized spacial score (nSPS) is 13.4. The van der Waals surface area contributed by atoms with E-state index in [1.807, 2.05) is 109 Å². The van der Waals surface area contributed by atoms with Crippen molar-refractivity contribution in [2.75, 3.05) is 7.05 Å². The van der Waals surface area contributed by atoms with Gasteiger partial charge < -0.3 is 14.6 Å². The third-order valence-corrected chi connectivity index (χ3v) is 11.7. The summed E-state index contributed by atoms with van der Waals surface area (Å²) in [6.07, 6.45) is 5.20. The van der Waals surface area contributed by atoms with Crippen molar-refractivity contribution >= 4 is 75.8 Å². The van der Waals surface area contributed by atoms with Gasteiger partial charge in [-0.05, 0) is 98.6 Å². The minimum Gasteiger partial charge on any atom is -0.462 e. The lowest BCUT2D eigenvalue weighted by atomic mass is 10.1. The zero-order valence-corrected chi connectivity index (χ0v) is 30.5. The Kier molecular flexibility index (Phi) is 10.8. The summed E-state index contributed by atoms with van der Waals surface area (Å²) in [5, 5.41) is 13.8. The third kappa shape index (κ3) is 7.82. The van der Waals surface area contributed by atoms with Crippen LogP contribution in [-0.4, -0.2) is 45.6 Å². The maximum Gasteiger partial charge on any atom is 0.323 e. The predicted molar refractivity (Wildman–Crippen MR) is 209 cm³/mol. The Hall–Kier alpha value is -4.80. The van der Waals surface area contributed by atoms with Crippen LogP contribution in [0.2, 0.25) is 0 Å². The minimum absolute atomic E-state index is 0. The molecule has 0 saturated carbocycles. The molecule has 12 heteroatoms. The van der Waals surface area contributed by atoms with Crippen molar-refractivity contribution < 1.29 is 21.7 Å². The highest BCUT2D eigenvalue weighted by molar-refractivity contribution is 8.10. The Morgan fingerprint density at radius 2 is 1.68 bits per heavy atom. The predicted octanol–water partition coefficient (Wildman–Crippen LogP) is 8.84. The quantitative estimate of drug-likeness (QED) is 0.0946. The molecule has 0 radical (unpaired) electrons. The van der Waals surface area contributed by atoms with Gasteiger partial charge in [0, 0.05) is 36.7 Å². The molecule has 6 aromatic rings. The Bertz CT molecular complexity index is 2260. The third-order valence-electron chi connectivity index (χ3n) is 7.63. The van der Waals surface area contributed by atoms with Crippen LogP contribution in [0.15, 0.2) is 119 Å². The van der Waals surface area contributed by atoms with Crippen LogP contribution < -0.4 is 14.9 Å². The molecule has 1 amide bonds. The zero-order valence-electron chi connectivity index (χ0n) is 27.9. The van der Waals surface area contributed by atoms with Gasteiger partial charge in [0.2, 0.25) is 0 Å². The number of amides is 1. The number of carbonyl (C=O) groups is 2. The lowest BCUT2D eigenvalue weighted by molar-refractivity contribution is -0.148. The molecule has 4 aromatic carbocycles. The van der Waals surface area contributed by atoms with Crippen LogP contribution in [0.1, 0.15) is 45.4 Å². The Balaban J connectivity index is 0.00000302. The summed E-state index contributed by atoms with van der Waals surface area (Å²) in [6.45, 7) is 1.88. The molecule has 2 heterocycles. The van der Waals surface area contributed by atoms with E-state index in [4.69, 9.17) is 26.2 Å². The van der Waals surface area contributed by atoms with Crippen molar-refractivity contribution in [3.8, 4) is 5.75 Å². The molecule has 6 rings (SSSR count). The van der Waals surface area contributed by atoms with Crippen LogP contribution in [0.5, 0.6) is 5.75 Å². The van der Waals surface area contributed by atoms with Gasteiger partial charge in [0.05, 0.1) is 28.6 Å². The number of hydrogen-bond acceptors (Lipinski definition) is 8. The second kappa shape index (κ2) is 15.4. The van der Waals surface area contributed by atoms with Crippen LogP contribution >= 0.6 is 18.3 Å². The van der Waals surface area contributed by atoms with Crippen LogP contribution in [-0.2, 0) is 21.3 Å². The second-order valence-corrected chi connectivity index (χ2v) is 16.1. The van der Waals surface area contributed by atoms with Gasteiger partial charge in [-0.15, -0.1) is 0 Å². The van der Waals surface area contributed by atoms with Crippen molar-refractivity contribution in [2.45, 2.75) is 42.7 Å². The summed E-state index contributed by atoms with van der Waals surface area (Å²) >= 11 is 7.91. The Morgan fingerprint density at radius 1 is 0.920 bits per heavy atom. The molecule has 0 aliphatic heterocycles. The summed E-state index contributed by atoms with van der Waals surface area (Å²) in [5.74, 6) is -0.0706. The molecule has 2 aromatic heterocycles. The van der Waals surface area contributed by atoms with E-state index >= 15 is 0 Å².